The fraction of sp³-hybridized carbons (Fsp3) is 0.130. The van der Waals surface area contributed by atoms with Crippen molar-refractivity contribution in [2.24, 2.45) is 0 Å². The monoisotopic (exact) mass is 547 g/mol. The number of nitrogens with two attached hydrogens (primary N) is 1. The lowest BCUT2D eigenvalue weighted by Crippen LogP contribution is -2.25. The van der Waals surface area contributed by atoms with Crippen LogP contribution in [0.4, 0.5) is 17.1 Å². The first-order chi connectivity index (χ1) is 17.3. The second kappa shape index (κ2) is 9.24. The Labute approximate surface area is 211 Å². The standard InChI is InChI=1S/C23H21N3O9S2/c1-25-10-11-7-14(17(36(29,30)31)9-16(11)35-2)26-15-8-18(37(32,33)34)21(24)20-19(15)22(27)12-5-3-4-6-13(12)23(20)28/h3-9,25-26H,10,24H2,1-2H3,(H,29,30,31)(H,32,33,34). The van der Waals surface area contributed by atoms with Crippen molar-refractivity contribution in [2.75, 3.05) is 25.2 Å². The second-order valence-electron chi connectivity index (χ2n) is 8.06. The maximum atomic E-state index is 13.5. The van der Waals surface area contributed by atoms with Crippen molar-refractivity contribution in [3.63, 3.8) is 0 Å². The highest BCUT2D eigenvalue weighted by molar-refractivity contribution is 7.86. The van der Waals surface area contributed by atoms with Gasteiger partial charge in [-0.3, -0.25) is 18.7 Å². The number of nitrogen functional groups attached to an aromatic ring is 1. The Balaban J connectivity index is 2.06. The van der Waals surface area contributed by atoms with E-state index in [4.69, 9.17) is 10.5 Å². The van der Waals surface area contributed by atoms with Crippen LogP contribution in [0.5, 0.6) is 5.75 Å². The van der Waals surface area contributed by atoms with Crippen LogP contribution >= 0.6 is 0 Å². The first-order valence-corrected chi connectivity index (χ1v) is 13.4. The zero-order valence-electron chi connectivity index (χ0n) is 19.4. The molecule has 37 heavy (non-hydrogen) atoms. The molecule has 0 amide bonds. The van der Waals surface area contributed by atoms with E-state index >= 15 is 0 Å². The van der Waals surface area contributed by atoms with Gasteiger partial charge in [0.05, 0.1) is 35.3 Å². The van der Waals surface area contributed by atoms with Crippen molar-refractivity contribution in [1.82, 2.24) is 5.32 Å². The molecule has 0 spiro atoms. The molecule has 0 aromatic heterocycles. The lowest BCUT2D eigenvalue weighted by atomic mass is 9.82. The number of anilines is 3. The molecule has 6 N–H and O–H groups in total. The van der Waals surface area contributed by atoms with Crippen molar-refractivity contribution < 1.29 is 40.3 Å². The number of rotatable bonds is 7. The molecule has 0 unspecified atom stereocenters. The summed E-state index contributed by atoms with van der Waals surface area (Å²) >= 11 is 0. The van der Waals surface area contributed by atoms with Crippen molar-refractivity contribution in [1.29, 1.82) is 0 Å². The molecule has 0 fully saturated rings. The van der Waals surface area contributed by atoms with Crippen molar-refractivity contribution in [3.8, 4) is 5.75 Å². The van der Waals surface area contributed by atoms with Gasteiger partial charge in [-0.05, 0) is 19.2 Å². The average molecular weight is 548 g/mol. The highest BCUT2D eigenvalue weighted by atomic mass is 32.2. The van der Waals surface area contributed by atoms with Gasteiger partial charge in [-0.1, -0.05) is 24.3 Å². The number of nitrogens with one attached hydrogen (secondary N) is 2. The van der Waals surface area contributed by atoms with E-state index in [1.165, 1.54) is 37.4 Å². The van der Waals surface area contributed by atoms with Crippen LogP contribution in [-0.2, 0) is 26.8 Å². The summed E-state index contributed by atoms with van der Waals surface area (Å²) in [5.74, 6) is -1.35. The molecule has 0 saturated carbocycles. The maximum Gasteiger partial charge on any atom is 0.296 e. The highest BCUT2D eigenvalue weighted by Gasteiger charge is 2.37. The first kappa shape index (κ1) is 26.2. The summed E-state index contributed by atoms with van der Waals surface area (Å²) in [7, 11) is -6.94. The van der Waals surface area contributed by atoms with Gasteiger partial charge in [0, 0.05) is 29.3 Å². The number of methoxy groups -OCH3 is 1. The number of carbonyl (C=O) groups is 2. The van der Waals surface area contributed by atoms with E-state index in [2.05, 4.69) is 10.6 Å². The van der Waals surface area contributed by atoms with E-state index in [0.717, 1.165) is 12.1 Å². The molecule has 3 aromatic rings. The summed E-state index contributed by atoms with van der Waals surface area (Å²) < 4.78 is 73.5. The Morgan fingerprint density at radius 2 is 1.43 bits per heavy atom. The first-order valence-electron chi connectivity index (χ1n) is 10.5. The third-order valence-electron chi connectivity index (χ3n) is 5.78. The minimum absolute atomic E-state index is 0.0164. The quantitative estimate of drug-likeness (QED) is 0.167. The van der Waals surface area contributed by atoms with E-state index in [1.54, 1.807) is 7.05 Å². The van der Waals surface area contributed by atoms with Gasteiger partial charge in [-0.15, -0.1) is 0 Å². The third kappa shape index (κ3) is 4.56. The summed E-state index contributed by atoms with van der Waals surface area (Å²) in [5.41, 5.74) is 4.34. The summed E-state index contributed by atoms with van der Waals surface area (Å²) in [6.45, 7) is 0.199. The molecule has 0 saturated heterocycles. The number of ketones is 2. The van der Waals surface area contributed by atoms with Crippen LogP contribution in [0.3, 0.4) is 0 Å². The van der Waals surface area contributed by atoms with Crippen molar-refractivity contribution in [3.05, 3.63) is 70.3 Å². The van der Waals surface area contributed by atoms with Crippen LogP contribution in [0.2, 0.25) is 0 Å². The molecule has 194 valence electrons. The minimum atomic E-state index is -4.99. The zero-order valence-corrected chi connectivity index (χ0v) is 21.0. The smallest absolute Gasteiger partial charge is 0.296 e. The summed E-state index contributed by atoms with van der Waals surface area (Å²) in [5, 5.41) is 5.52. The molecule has 12 nitrogen and oxygen atoms in total. The number of fused-ring (bicyclic) bond motifs is 2. The minimum Gasteiger partial charge on any atom is -0.496 e. The predicted molar refractivity (Wildman–Crippen MR) is 133 cm³/mol. The zero-order chi connectivity index (χ0) is 27.3. The molecule has 0 heterocycles. The van der Waals surface area contributed by atoms with Gasteiger partial charge in [0.2, 0.25) is 0 Å². The Morgan fingerprint density at radius 3 is 1.95 bits per heavy atom. The molecule has 3 aromatic carbocycles. The predicted octanol–water partition coefficient (Wildman–Crippen LogP) is 2.01. The van der Waals surface area contributed by atoms with Crippen molar-refractivity contribution >= 4 is 48.9 Å². The van der Waals surface area contributed by atoms with Gasteiger partial charge in [0.25, 0.3) is 20.2 Å². The molecule has 0 atom stereocenters. The van der Waals surface area contributed by atoms with Gasteiger partial charge in [-0.25, -0.2) is 0 Å². The third-order valence-corrected chi connectivity index (χ3v) is 7.56. The maximum absolute atomic E-state index is 13.5. The van der Waals surface area contributed by atoms with Crippen LogP contribution in [0.1, 0.15) is 37.4 Å². The van der Waals surface area contributed by atoms with Gasteiger partial charge in [0.1, 0.15) is 15.5 Å². The number of benzene rings is 3. The molecular weight excluding hydrogens is 526 g/mol. The average Bonchev–Trinajstić information content (AvgIpc) is 2.82. The molecule has 4 rings (SSSR count). The summed E-state index contributed by atoms with van der Waals surface area (Å²) in [4.78, 5) is 25.3. The van der Waals surface area contributed by atoms with Crippen LogP contribution < -0.4 is 21.1 Å². The van der Waals surface area contributed by atoms with E-state index in [1.807, 2.05) is 0 Å². The Hall–Kier alpha value is -3.82. The van der Waals surface area contributed by atoms with Gasteiger partial charge in [0.15, 0.2) is 11.6 Å². The Bertz CT molecular complexity index is 1700. The highest BCUT2D eigenvalue weighted by Crippen LogP contribution is 2.41. The molecular formula is C23H21N3O9S2. The van der Waals surface area contributed by atoms with Gasteiger partial charge in [-0.2, -0.15) is 16.8 Å². The largest absolute Gasteiger partial charge is 0.496 e. The Kier molecular flexibility index (Phi) is 6.56. The molecule has 0 bridgehead atoms. The second-order valence-corrected chi connectivity index (χ2v) is 10.8. The molecule has 0 radical (unpaired) electrons. The van der Waals surface area contributed by atoms with E-state index in [-0.39, 0.29) is 40.4 Å². The molecule has 0 aliphatic heterocycles. The topological polar surface area (TPSA) is 202 Å². The lowest BCUT2D eigenvalue weighted by molar-refractivity contribution is 0.0980. The SMILES string of the molecule is CNCc1cc(Nc2cc(S(=O)(=O)O)c(N)c3c2C(=O)c2ccccc2C3=O)c(S(=O)(=O)O)cc1OC. The van der Waals surface area contributed by atoms with Gasteiger partial charge >= 0.3 is 0 Å². The van der Waals surface area contributed by atoms with Crippen LogP contribution in [-0.4, -0.2) is 51.7 Å². The Morgan fingerprint density at radius 1 is 0.865 bits per heavy atom. The molecule has 14 heteroatoms. The van der Waals surface area contributed by atoms with Crippen LogP contribution in [0.25, 0.3) is 0 Å². The number of carbonyl (C=O) groups excluding carboxylic acids is 2. The van der Waals surface area contributed by atoms with Crippen LogP contribution in [0, 0.1) is 0 Å². The fourth-order valence-corrected chi connectivity index (χ4v) is 5.48. The number of hydrogen-bond donors (Lipinski definition) is 5. The van der Waals surface area contributed by atoms with E-state index in [0.29, 0.717) is 5.56 Å². The molecule has 1 aliphatic rings. The summed E-state index contributed by atoms with van der Waals surface area (Å²) in [6.07, 6.45) is 0. The normalized spacial score (nSPS) is 13.2. The van der Waals surface area contributed by atoms with E-state index < -0.39 is 52.8 Å². The van der Waals surface area contributed by atoms with E-state index in [9.17, 15) is 35.5 Å². The van der Waals surface area contributed by atoms with Gasteiger partial charge < -0.3 is 21.1 Å². The lowest BCUT2D eigenvalue weighted by Gasteiger charge is -2.24. The number of hydrogen-bond acceptors (Lipinski definition) is 10. The number of ether oxygens (including phenoxy) is 1. The van der Waals surface area contributed by atoms with Crippen molar-refractivity contribution in [2.45, 2.75) is 16.3 Å². The van der Waals surface area contributed by atoms with Crippen LogP contribution in [0.15, 0.2) is 52.3 Å². The summed E-state index contributed by atoms with van der Waals surface area (Å²) in [6, 6.07) is 8.97. The fourth-order valence-electron chi connectivity index (χ4n) is 4.19. The molecule has 1 aliphatic carbocycles.